The molecule has 0 bridgehead atoms. The SMILES string of the molecule is COCc1oc(-n2cnc3c(N)ncnc32)c(O)c1OC. The van der Waals surface area contributed by atoms with Gasteiger partial charge in [0.2, 0.25) is 11.5 Å². The lowest BCUT2D eigenvalue weighted by Crippen LogP contribution is -1.96. The maximum atomic E-state index is 10.2. The summed E-state index contributed by atoms with van der Waals surface area (Å²) in [6.45, 7) is 0.153. The molecular weight excluding hydrogens is 278 g/mol. The number of aromatic hydroxyl groups is 1. The van der Waals surface area contributed by atoms with Gasteiger partial charge in [-0.3, -0.25) is 0 Å². The van der Waals surface area contributed by atoms with Crippen LogP contribution in [0.15, 0.2) is 17.1 Å². The maximum Gasteiger partial charge on any atom is 0.253 e. The summed E-state index contributed by atoms with van der Waals surface area (Å²) in [7, 11) is 2.94. The second kappa shape index (κ2) is 4.94. The molecule has 0 fully saturated rings. The number of methoxy groups -OCH3 is 2. The fourth-order valence-corrected chi connectivity index (χ4v) is 2.04. The second-order valence-corrected chi connectivity index (χ2v) is 4.19. The summed E-state index contributed by atoms with van der Waals surface area (Å²) in [5, 5.41) is 10.2. The first-order chi connectivity index (χ1) is 10.2. The zero-order chi connectivity index (χ0) is 15.0. The van der Waals surface area contributed by atoms with Crippen molar-refractivity contribution in [2.75, 3.05) is 20.0 Å². The van der Waals surface area contributed by atoms with Gasteiger partial charge in [0.1, 0.15) is 19.3 Å². The van der Waals surface area contributed by atoms with Crippen molar-refractivity contribution >= 4 is 17.0 Å². The average Bonchev–Trinajstić information content (AvgIpc) is 3.02. The molecule has 9 nitrogen and oxygen atoms in total. The summed E-state index contributed by atoms with van der Waals surface area (Å²) in [6.07, 6.45) is 2.74. The number of hydrogen-bond acceptors (Lipinski definition) is 8. The molecule has 3 aromatic heterocycles. The highest BCUT2D eigenvalue weighted by molar-refractivity contribution is 5.82. The largest absolute Gasteiger partial charge is 0.500 e. The molecule has 3 N–H and O–H groups in total. The second-order valence-electron chi connectivity index (χ2n) is 4.19. The van der Waals surface area contributed by atoms with E-state index in [0.717, 1.165) is 0 Å². The normalized spacial score (nSPS) is 11.1. The standard InChI is InChI=1S/C12H13N5O4/c1-19-3-6-9(20-2)8(18)12(21-6)17-5-16-7-10(13)14-4-15-11(7)17/h4-5,18H,3H2,1-2H3,(H2,13,14,15). The van der Waals surface area contributed by atoms with E-state index in [9.17, 15) is 5.11 Å². The number of ether oxygens (including phenoxy) is 2. The lowest BCUT2D eigenvalue weighted by atomic mass is 10.4. The monoisotopic (exact) mass is 291 g/mol. The molecule has 0 spiro atoms. The summed E-state index contributed by atoms with van der Waals surface area (Å²) >= 11 is 0. The van der Waals surface area contributed by atoms with Crippen molar-refractivity contribution in [3.05, 3.63) is 18.4 Å². The van der Waals surface area contributed by atoms with E-state index in [1.165, 1.54) is 31.4 Å². The molecule has 0 radical (unpaired) electrons. The van der Waals surface area contributed by atoms with Crippen LogP contribution in [0.1, 0.15) is 5.76 Å². The van der Waals surface area contributed by atoms with E-state index in [0.29, 0.717) is 16.9 Å². The van der Waals surface area contributed by atoms with Crippen molar-refractivity contribution in [1.29, 1.82) is 0 Å². The molecule has 0 saturated heterocycles. The Morgan fingerprint density at radius 1 is 1.33 bits per heavy atom. The van der Waals surface area contributed by atoms with E-state index < -0.39 is 0 Å². The molecular formula is C12H13N5O4. The molecule has 21 heavy (non-hydrogen) atoms. The molecule has 9 heteroatoms. The first-order valence-electron chi connectivity index (χ1n) is 5.98. The Morgan fingerprint density at radius 3 is 2.86 bits per heavy atom. The Balaban J connectivity index is 2.21. The Morgan fingerprint density at radius 2 is 2.14 bits per heavy atom. The third-order valence-corrected chi connectivity index (χ3v) is 2.95. The smallest absolute Gasteiger partial charge is 0.253 e. The molecule has 0 aliphatic rings. The molecule has 3 aromatic rings. The maximum absolute atomic E-state index is 10.2. The molecule has 0 atom stereocenters. The van der Waals surface area contributed by atoms with Gasteiger partial charge in [-0.15, -0.1) is 0 Å². The van der Waals surface area contributed by atoms with Gasteiger partial charge in [-0.2, -0.15) is 0 Å². The Bertz CT molecular complexity index is 794. The van der Waals surface area contributed by atoms with Crippen LogP contribution in [0.2, 0.25) is 0 Å². The molecule has 0 unspecified atom stereocenters. The molecule has 3 rings (SSSR count). The minimum Gasteiger partial charge on any atom is -0.500 e. The minimum absolute atomic E-state index is 0.125. The van der Waals surface area contributed by atoms with Gasteiger partial charge in [0.05, 0.1) is 7.11 Å². The predicted octanol–water partition coefficient (Wildman–Crippen LogP) is 0.851. The van der Waals surface area contributed by atoms with Gasteiger partial charge in [-0.05, 0) is 0 Å². The predicted molar refractivity (Wildman–Crippen MR) is 72.3 cm³/mol. The van der Waals surface area contributed by atoms with Crippen LogP contribution in [0, 0.1) is 0 Å². The number of hydrogen-bond donors (Lipinski definition) is 2. The highest BCUT2D eigenvalue weighted by atomic mass is 16.5. The van der Waals surface area contributed by atoms with E-state index in [1.807, 2.05) is 0 Å². The van der Waals surface area contributed by atoms with Gasteiger partial charge in [-0.25, -0.2) is 19.5 Å². The number of rotatable bonds is 4. The first-order valence-corrected chi connectivity index (χ1v) is 5.98. The molecule has 0 amide bonds. The Labute approximate surface area is 118 Å². The van der Waals surface area contributed by atoms with E-state index in [-0.39, 0.29) is 29.8 Å². The third-order valence-electron chi connectivity index (χ3n) is 2.95. The van der Waals surface area contributed by atoms with Crippen molar-refractivity contribution < 1.29 is 19.0 Å². The van der Waals surface area contributed by atoms with Gasteiger partial charge in [0, 0.05) is 7.11 Å². The number of nitrogen functional groups attached to an aromatic ring is 1. The van der Waals surface area contributed by atoms with Crippen molar-refractivity contribution in [1.82, 2.24) is 19.5 Å². The van der Waals surface area contributed by atoms with E-state index in [4.69, 9.17) is 19.6 Å². The topological polar surface area (TPSA) is 121 Å². The highest BCUT2D eigenvalue weighted by Crippen LogP contribution is 2.40. The van der Waals surface area contributed by atoms with Crippen LogP contribution in [0.25, 0.3) is 17.0 Å². The summed E-state index contributed by atoms with van der Waals surface area (Å²) in [5.41, 5.74) is 6.56. The summed E-state index contributed by atoms with van der Waals surface area (Å²) in [4.78, 5) is 12.1. The quantitative estimate of drug-likeness (QED) is 0.725. The Hall–Kier alpha value is -2.81. The summed E-state index contributed by atoms with van der Waals surface area (Å²) in [6, 6.07) is 0. The summed E-state index contributed by atoms with van der Waals surface area (Å²) < 4.78 is 17.2. The molecule has 3 heterocycles. The zero-order valence-corrected chi connectivity index (χ0v) is 11.4. The lowest BCUT2D eigenvalue weighted by Gasteiger charge is -2.00. The zero-order valence-electron chi connectivity index (χ0n) is 11.4. The third kappa shape index (κ3) is 1.94. The number of anilines is 1. The Kier molecular flexibility index (Phi) is 3.10. The number of aromatic nitrogens is 4. The number of furan rings is 1. The van der Waals surface area contributed by atoms with E-state index in [1.54, 1.807) is 0 Å². The van der Waals surface area contributed by atoms with Gasteiger partial charge < -0.3 is 24.7 Å². The van der Waals surface area contributed by atoms with Crippen LogP contribution in [0.4, 0.5) is 5.82 Å². The van der Waals surface area contributed by atoms with Gasteiger partial charge in [-0.1, -0.05) is 0 Å². The van der Waals surface area contributed by atoms with Crippen molar-refractivity contribution in [3.63, 3.8) is 0 Å². The van der Waals surface area contributed by atoms with Crippen molar-refractivity contribution in [2.24, 2.45) is 0 Å². The van der Waals surface area contributed by atoms with Gasteiger partial charge in [0.25, 0.3) is 5.88 Å². The van der Waals surface area contributed by atoms with E-state index in [2.05, 4.69) is 15.0 Å². The minimum atomic E-state index is -0.166. The fourth-order valence-electron chi connectivity index (χ4n) is 2.04. The van der Waals surface area contributed by atoms with Crippen molar-refractivity contribution in [3.8, 4) is 17.4 Å². The number of nitrogens with two attached hydrogens (primary N) is 1. The van der Waals surface area contributed by atoms with Gasteiger partial charge >= 0.3 is 0 Å². The first kappa shape index (κ1) is 13.2. The van der Waals surface area contributed by atoms with Crippen LogP contribution in [-0.2, 0) is 11.3 Å². The molecule has 0 aromatic carbocycles. The van der Waals surface area contributed by atoms with Crippen LogP contribution >= 0.6 is 0 Å². The highest BCUT2D eigenvalue weighted by Gasteiger charge is 2.24. The van der Waals surface area contributed by atoms with Crippen LogP contribution < -0.4 is 10.5 Å². The van der Waals surface area contributed by atoms with Crippen LogP contribution in [-0.4, -0.2) is 38.8 Å². The van der Waals surface area contributed by atoms with Crippen LogP contribution in [0.3, 0.4) is 0 Å². The fraction of sp³-hybridized carbons (Fsp3) is 0.250. The summed E-state index contributed by atoms with van der Waals surface area (Å²) in [5.74, 6) is 0.765. The van der Waals surface area contributed by atoms with Crippen molar-refractivity contribution in [2.45, 2.75) is 6.61 Å². The number of imidazole rings is 1. The molecule has 0 aliphatic carbocycles. The number of nitrogens with zero attached hydrogens (tertiary/aromatic N) is 4. The molecule has 0 saturated carbocycles. The number of fused-ring (bicyclic) bond motifs is 1. The molecule has 0 aliphatic heterocycles. The lowest BCUT2D eigenvalue weighted by molar-refractivity contribution is 0.160. The van der Waals surface area contributed by atoms with Crippen LogP contribution in [0.5, 0.6) is 11.5 Å². The molecule has 110 valence electrons. The average molecular weight is 291 g/mol. The van der Waals surface area contributed by atoms with Gasteiger partial charge in [0.15, 0.2) is 22.7 Å². The van der Waals surface area contributed by atoms with E-state index >= 15 is 0 Å².